The summed E-state index contributed by atoms with van der Waals surface area (Å²) >= 11 is 0. The molecule has 0 amide bonds. The van der Waals surface area contributed by atoms with Crippen LogP contribution in [-0.2, 0) is 4.79 Å². The summed E-state index contributed by atoms with van der Waals surface area (Å²) in [5.74, 6) is 0.682. The molecule has 0 saturated heterocycles. The number of aliphatic imine (C=N–C) groups is 1. The lowest BCUT2D eigenvalue weighted by Gasteiger charge is -2.23. The third-order valence-corrected chi connectivity index (χ3v) is 3.73. The van der Waals surface area contributed by atoms with Crippen LogP contribution in [0.5, 0.6) is 0 Å². The van der Waals surface area contributed by atoms with Gasteiger partial charge in [-0.3, -0.25) is 9.79 Å². The van der Waals surface area contributed by atoms with Crippen LogP contribution in [0.1, 0.15) is 56.9 Å². The molecule has 102 valence electrons. The molecule has 19 heavy (non-hydrogen) atoms. The molecule has 1 fully saturated rings. The Kier molecular flexibility index (Phi) is 5.31. The minimum atomic E-state index is 0.340. The first-order chi connectivity index (χ1) is 9.29. The highest BCUT2D eigenvalue weighted by Gasteiger charge is 2.24. The summed E-state index contributed by atoms with van der Waals surface area (Å²) in [5.41, 5.74) is 2.39. The van der Waals surface area contributed by atoms with Crippen LogP contribution in [0.3, 0.4) is 0 Å². The second-order valence-corrected chi connectivity index (χ2v) is 5.39. The minimum absolute atomic E-state index is 0.340. The molecular weight excluding hydrogens is 234 g/mol. The predicted octanol–water partition coefficient (Wildman–Crippen LogP) is 4.15. The van der Waals surface area contributed by atoms with Crippen LogP contribution >= 0.6 is 0 Å². The molecule has 1 aromatic rings. The van der Waals surface area contributed by atoms with Gasteiger partial charge in [-0.15, -0.1) is 0 Å². The van der Waals surface area contributed by atoms with Crippen LogP contribution in [0.15, 0.2) is 35.3 Å². The third-order valence-electron chi connectivity index (χ3n) is 3.73. The van der Waals surface area contributed by atoms with Crippen LogP contribution in [0.25, 0.3) is 0 Å². The van der Waals surface area contributed by atoms with Crippen LogP contribution in [0.4, 0.5) is 0 Å². The van der Waals surface area contributed by atoms with Crippen LogP contribution in [0, 0.1) is 0 Å². The fourth-order valence-corrected chi connectivity index (χ4v) is 2.68. The van der Waals surface area contributed by atoms with E-state index in [1.165, 1.54) is 18.4 Å². The highest BCUT2D eigenvalue weighted by atomic mass is 16.1. The van der Waals surface area contributed by atoms with Gasteiger partial charge in [0.2, 0.25) is 0 Å². The first-order valence-electron chi connectivity index (χ1n) is 7.38. The molecule has 1 atom stereocenters. The summed E-state index contributed by atoms with van der Waals surface area (Å²) in [7, 11) is 0. The zero-order valence-corrected chi connectivity index (χ0v) is 11.8. The van der Waals surface area contributed by atoms with Crippen molar-refractivity contribution in [1.29, 1.82) is 0 Å². The van der Waals surface area contributed by atoms with Gasteiger partial charge >= 0.3 is 0 Å². The van der Waals surface area contributed by atoms with Gasteiger partial charge in [0.1, 0.15) is 5.78 Å². The van der Waals surface area contributed by atoms with Gasteiger partial charge in [-0.05, 0) is 24.3 Å². The van der Waals surface area contributed by atoms with Gasteiger partial charge in [0, 0.05) is 25.1 Å². The van der Waals surface area contributed by atoms with E-state index in [1.807, 2.05) is 18.2 Å². The molecule has 1 aromatic carbocycles. The highest BCUT2D eigenvalue weighted by Crippen LogP contribution is 2.29. The second-order valence-electron chi connectivity index (χ2n) is 5.39. The Hall–Kier alpha value is -1.44. The molecule has 0 unspecified atom stereocenters. The van der Waals surface area contributed by atoms with Gasteiger partial charge in [0.15, 0.2) is 0 Å². The van der Waals surface area contributed by atoms with Crippen molar-refractivity contribution in [3.63, 3.8) is 0 Å². The van der Waals surface area contributed by atoms with Gasteiger partial charge in [0.05, 0.1) is 0 Å². The Labute approximate surface area is 115 Å². The zero-order valence-electron chi connectivity index (χ0n) is 11.8. The molecular formula is C17H23NO. The number of benzene rings is 1. The van der Waals surface area contributed by atoms with Gasteiger partial charge in [-0.1, -0.05) is 50.1 Å². The molecule has 0 spiro atoms. The molecule has 0 heterocycles. The number of unbranched alkanes of at least 4 members (excludes halogenated alkanes) is 2. The molecule has 0 bridgehead atoms. The fraction of sp³-hybridized carbons (Fsp3) is 0.529. The van der Waals surface area contributed by atoms with Crippen molar-refractivity contribution in [3.8, 4) is 0 Å². The molecule has 0 aliphatic heterocycles. The number of hydrogen-bond donors (Lipinski definition) is 0. The number of nitrogens with zero attached hydrogens (tertiary/aromatic N) is 1. The van der Waals surface area contributed by atoms with Crippen LogP contribution < -0.4 is 0 Å². The van der Waals surface area contributed by atoms with Crippen molar-refractivity contribution in [2.24, 2.45) is 4.99 Å². The van der Waals surface area contributed by atoms with Crippen molar-refractivity contribution < 1.29 is 4.79 Å². The summed E-state index contributed by atoms with van der Waals surface area (Å²) in [6.45, 7) is 3.08. The Morgan fingerprint density at radius 1 is 1.16 bits per heavy atom. The minimum Gasteiger partial charge on any atom is -0.299 e. The SMILES string of the molecule is CCCCCN=C1CC(=O)C[C@H](c2ccccc2)C1. The molecule has 1 aliphatic carbocycles. The van der Waals surface area contributed by atoms with Gasteiger partial charge in [-0.25, -0.2) is 0 Å². The smallest absolute Gasteiger partial charge is 0.139 e. The lowest BCUT2D eigenvalue weighted by Crippen LogP contribution is -2.22. The topological polar surface area (TPSA) is 29.4 Å². The highest BCUT2D eigenvalue weighted by molar-refractivity contribution is 6.05. The van der Waals surface area contributed by atoms with Crippen molar-refractivity contribution in [1.82, 2.24) is 0 Å². The van der Waals surface area contributed by atoms with Crippen LogP contribution in [-0.4, -0.2) is 18.0 Å². The maximum Gasteiger partial charge on any atom is 0.139 e. The molecule has 2 heteroatoms. The Morgan fingerprint density at radius 2 is 1.95 bits per heavy atom. The van der Waals surface area contributed by atoms with E-state index in [1.54, 1.807) is 0 Å². The molecule has 0 aromatic heterocycles. The number of ketones is 1. The number of rotatable bonds is 5. The standard InChI is InChI=1S/C17H23NO/c1-2-3-7-10-18-16-11-15(12-17(19)13-16)14-8-5-4-6-9-14/h4-6,8-9,15H,2-3,7,10-13H2,1H3/t15-/m1/s1. The first kappa shape index (κ1) is 14.0. The van der Waals surface area contributed by atoms with Crippen LogP contribution in [0.2, 0.25) is 0 Å². The first-order valence-corrected chi connectivity index (χ1v) is 7.38. The van der Waals surface area contributed by atoms with E-state index in [9.17, 15) is 4.79 Å². The quantitative estimate of drug-likeness (QED) is 0.728. The van der Waals surface area contributed by atoms with E-state index in [-0.39, 0.29) is 0 Å². The van der Waals surface area contributed by atoms with Crippen molar-refractivity contribution in [2.45, 2.75) is 51.4 Å². The van der Waals surface area contributed by atoms with Gasteiger partial charge in [0.25, 0.3) is 0 Å². The number of hydrogen-bond acceptors (Lipinski definition) is 2. The molecule has 1 aliphatic rings. The summed E-state index contributed by atoms with van der Waals surface area (Å²) in [4.78, 5) is 16.5. The summed E-state index contributed by atoms with van der Waals surface area (Å²) in [6.07, 6.45) is 5.81. The fourth-order valence-electron chi connectivity index (χ4n) is 2.68. The number of carbonyl (C=O) groups is 1. The van der Waals surface area contributed by atoms with Crippen molar-refractivity contribution in [2.75, 3.05) is 6.54 Å². The number of Topliss-reactive ketones (excluding diaryl/α,β-unsaturated/α-hetero) is 1. The average Bonchev–Trinajstić information content (AvgIpc) is 2.44. The summed E-state index contributed by atoms with van der Waals surface area (Å²) in [5, 5.41) is 0. The molecule has 2 rings (SSSR count). The number of carbonyl (C=O) groups excluding carboxylic acids is 1. The second kappa shape index (κ2) is 7.22. The lowest BCUT2D eigenvalue weighted by molar-refractivity contribution is -0.118. The predicted molar refractivity (Wildman–Crippen MR) is 79.9 cm³/mol. The van der Waals surface area contributed by atoms with E-state index in [4.69, 9.17) is 0 Å². The van der Waals surface area contributed by atoms with Crippen molar-refractivity contribution >= 4 is 11.5 Å². The van der Waals surface area contributed by atoms with Gasteiger partial charge < -0.3 is 0 Å². The normalized spacial score (nSPS) is 21.8. The Morgan fingerprint density at radius 3 is 2.68 bits per heavy atom. The third kappa shape index (κ3) is 4.30. The summed E-state index contributed by atoms with van der Waals surface area (Å²) < 4.78 is 0. The molecule has 2 nitrogen and oxygen atoms in total. The Bertz CT molecular complexity index is 436. The molecule has 1 saturated carbocycles. The molecule has 0 radical (unpaired) electrons. The monoisotopic (exact) mass is 257 g/mol. The average molecular weight is 257 g/mol. The largest absolute Gasteiger partial charge is 0.299 e. The van der Waals surface area contributed by atoms with E-state index in [2.05, 4.69) is 24.0 Å². The van der Waals surface area contributed by atoms with E-state index in [0.717, 1.165) is 25.1 Å². The molecule has 0 N–H and O–H groups in total. The van der Waals surface area contributed by atoms with E-state index in [0.29, 0.717) is 24.5 Å². The van der Waals surface area contributed by atoms with Gasteiger partial charge in [-0.2, -0.15) is 0 Å². The summed E-state index contributed by atoms with van der Waals surface area (Å²) in [6, 6.07) is 10.4. The van der Waals surface area contributed by atoms with E-state index < -0.39 is 0 Å². The Balaban J connectivity index is 1.98. The maximum absolute atomic E-state index is 11.9. The lowest BCUT2D eigenvalue weighted by atomic mass is 9.82. The van der Waals surface area contributed by atoms with E-state index >= 15 is 0 Å². The zero-order chi connectivity index (χ0) is 13.5. The van der Waals surface area contributed by atoms with Crippen molar-refractivity contribution in [3.05, 3.63) is 35.9 Å². The maximum atomic E-state index is 11.9.